The van der Waals surface area contributed by atoms with E-state index in [2.05, 4.69) is 20.3 Å². The highest BCUT2D eigenvalue weighted by atomic mass is 35.5. The molecule has 0 aliphatic rings. The number of nitrogens with two attached hydrogens (primary N) is 1. The third-order valence-corrected chi connectivity index (χ3v) is 6.58. The fourth-order valence-electron chi connectivity index (χ4n) is 4.16. The molecule has 1 atom stereocenters. The van der Waals surface area contributed by atoms with Gasteiger partial charge in [-0.15, -0.1) is 0 Å². The van der Waals surface area contributed by atoms with E-state index in [1.807, 2.05) is 12.1 Å². The van der Waals surface area contributed by atoms with E-state index in [4.69, 9.17) is 27.2 Å². The number of nitrogens with zero attached hydrogens (tertiary/aromatic N) is 2. The van der Waals surface area contributed by atoms with Crippen LogP contribution in [0, 0.1) is 11.6 Å². The molecule has 42 heavy (non-hydrogen) atoms. The first-order valence-corrected chi connectivity index (χ1v) is 12.8. The number of halogens is 3. The van der Waals surface area contributed by atoms with Gasteiger partial charge in [0.2, 0.25) is 0 Å². The summed E-state index contributed by atoms with van der Waals surface area (Å²) in [6, 6.07) is 13.8. The number of carboxylic acid groups (broad SMARTS) is 2. The molecule has 0 radical (unpaired) electrons. The number of anilines is 1. The molecule has 2 heterocycles. The van der Waals surface area contributed by atoms with E-state index in [1.165, 1.54) is 36.5 Å². The Bertz CT molecular complexity index is 1830. The van der Waals surface area contributed by atoms with Crippen LogP contribution in [0.25, 0.3) is 33.4 Å². The Balaban J connectivity index is 1.50. The Hall–Kier alpha value is -5.07. The summed E-state index contributed by atoms with van der Waals surface area (Å²) in [5.41, 5.74) is 8.32. The van der Waals surface area contributed by atoms with Gasteiger partial charge in [-0.25, -0.2) is 18.6 Å². The molecule has 0 amide bonds. The number of hydrogen-bond acceptors (Lipinski definition) is 7. The number of benzene rings is 3. The molecule has 13 heteroatoms. The molecule has 0 bridgehead atoms. The van der Waals surface area contributed by atoms with Crippen molar-refractivity contribution in [3.8, 4) is 28.3 Å². The van der Waals surface area contributed by atoms with Gasteiger partial charge in [-0.05, 0) is 54.6 Å². The molecule has 6 N–H and O–H groups in total. The molecule has 0 fully saturated rings. The Labute approximate surface area is 241 Å². The number of pyridine rings is 1. The van der Waals surface area contributed by atoms with Crippen molar-refractivity contribution < 1.29 is 33.3 Å². The third kappa shape index (κ3) is 6.14. The number of imidazole rings is 1. The van der Waals surface area contributed by atoms with Gasteiger partial charge in [-0.3, -0.25) is 9.78 Å². The van der Waals surface area contributed by atoms with E-state index in [9.17, 15) is 23.5 Å². The van der Waals surface area contributed by atoms with Crippen molar-refractivity contribution in [1.29, 1.82) is 0 Å². The smallest absolute Gasteiger partial charge is 0.338 e. The van der Waals surface area contributed by atoms with E-state index in [1.54, 1.807) is 12.1 Å². The molecule has 10 nitrogen and oxygen atoms in total. The van der Waals surface area contributed by atoms with Gasteiger partial charge in [-0.1, -0.05) is 17.7 Å². The average Bonchev–Trinajstić information content (AvgIpc) is 3.40. The Morgan fingerprint density at radius 2 is 1.79 bits per heavy atom. The summed E-state index contributed by atoms with van der Waals surface area (Å²) in [6.07, 6.45) is 1.47. The summed E-state index contributed by atoms with van der Waals surface area (Å²) in [5.74, 6) is -3.25. The first-order chi connectivity index (χ1) is 20.1. The second-order valence-corrected chi connectivity index (χ2v) is 9.63. The first-order valence-electron chi connectivity index (χ1n) is 12.4. The number of rotatable bonds is 10. The summed E-state index contributed by atoms with van der Waals surface area (Å²) in [7, 11) is 0. The maximum Gasteiger partial charge on any atom is 0.338 e. The number of H-pyrrole nitrogens is 1. The third-order valence-electron chi connectivity index (χ3n) is 6.29. The number of ether oxygens (including phenoxy) is 1. The maximum atomic E-state index is 13.9. The SMILES string of the molecule is N[C@@H](COc1cnc2ccc(-c3[nH]c(CNc4ccc(F)c(C(=O)O)c4)nc3-c3ccc(F)c(Cl)c3)cc2c1)C(=O)O. The lowest BCUT2D eigenvalue weighted by molar-refractivity contribution is -0.139. The van der Waals surface area contributed by atoms with Crippen molar-refractivity contribution in [2.75, 3.05) is 11.9 Å². The van der Waals surface area contributed by atoms with Gasteiger partial charge in [0.1, 0.15) is 35.9 Å². The normalized spacial score (nSPS) is 11.8. The average molecular weight is 594 g/mol. The Kier molecular flexibility index (Phi) is 8.00. The molecule has 5 aromatic rings. The van der Waals surface area contributed by atoms with E-state index in [0.717, 1.165) is 6.07 Å². The number of aromatic amines is 1. The summed E-state index contributed by atoms with van der Waals surface area (Å²) in [5, 5.41) is 21.8. The predicted octanol–water partition coefficient (Wildman–Crippen LogP) is 5.32. The number of fused-ring (bicyclic) bond motifs is 1. The fourth-order valence-corrected chi connectivity index (χ4v) is 4.34. The van der Waals surface area contributed by atoms with Crippen molar-refractivity contribution in [3.63, 3.8) is 0 Å². The number of carboxylic acids is 2. The summed E-state index contributed by atoms with van der Waals surface area (Å²) in [6.45, 7) is -0.125. The molecular formula is C29H22ClF2N5O5. The lowest BCUT2D eigenvalue weighted by Gasteiger charge is -2.10. The summed E-state index contributed by atoms with van der Waals surface area (Å²) < 4.78 is 33.3. The molecule has 0 aliphatic heterocycles. The van der Waals surface area contributed by atoms with Crippen LogP contribution in [-0.2, 0) is 11.3 Å². The number of aliphatic carboxylic acids is 1. The molecule has 5 rings (SSSR count). The van der Waals surface area contributed by atoms with Gasteiger partial charge in [0.25, 0.3) is 0 Å². The Morgan fingerprint density at radius 3 is 2.52 bits per heavy atom. The van der Waals surface area contributed by atoms with Crippen LogP contribution in [-0.4, -0.2) is 49.8 Å². The quantitative estimate of drug-likeness (QED) is 0.144. The van der Waals surface area contributed by atoms with Crippen LogP contribution in [0.4, 0.5) is 14.5 Å². The van der Waals surface area contributed by atoms with Crippen LogP contribution in [0.15, 0.2) is 66.9 Å². The highest BCUT2D eigenvalue weighted by Gasteiger charge is 2.18. The molecule has 0 saturated carbocycles. The molecule has 2 aromatic heterocycles. The zero-order valence-electron chi connectivity index (χ0n) is 21.6. The topological polar surface area (TPSA) is 163 Å². The van der Waals surface area contributed by atoms with Crippen LogP contribution < -0.4 is 15.8 Å². The predicted molar refractivity (Wildman–Crippen MR) is 152 cm³/mol. The van der Waals surface area contributed by atoms with Crippen molar-refractivity contribution in [1.82, 2.24) is 15.0 Å². The van der Waals surface area contributed by atoms with Gasteiger partial charge in [0.05, 0.1) is 40.2 Å². The van der Waals surface area contributed by atoms with Crippen LogP contribution in [0.5, 0.6) is 5.75 Å². The van der Waals surface area contributed by atoms with Crippen molar-refractivity contribution in [2.24, 2.45) is 5.73 Å². The van der Waals surface area contributed by atoms with E-state index >= 15 is 0 Å². The second kappa shape index (κ2) is 11.8. The van der Waals surface area contributed by atoms with Crippen LogP contribution in [0.1, 0.15) is 16.2 Å². The van der Waals surface area contributed by atoms with E-state index in [0.29, 0.717) is 50.7 Å². The van der Waals surface area contributed by atoms with Gasteiger partial charge >= 0.3 is 11.9 Å². The zero-order chi connectivity index (χ0) is 30.0. The van der Waals surface area contributed by atoms with Crippen molar-refractivity contribution in [3.05, 3.63) is 94.9 Å². The fraction of sp³-hybridized carbons (Fsp3) is 0.103. The highest BCUT2D eigenvalue weighted by molar-refractivity contribution is 6.31. The number of nitrogens with one attached hydrogen (secondary N) is 2. The van der Waals surface area contributed by atoms with Crippen molar-refractivity contribution in [2.45, 2.75) is 12.6 Å². The van der Waals surface area contributed by atoms with Crippen LogP contribution in [0.3, 0.4) is 0 Å². The summed E-state index contributed by atoms with van der Waals surface area (Å²) in [4.78, 5) is 34.6. The van der Waals surface area contributed by atoms with Crippen molar-refractivity contribution >= 4 is 40.1 Å². The maximum absolute atomic E-state index is 13.9. The number of carbonyl (C=O) groups is 2. The van der Waals surface area contributed by atoms with Gasteiger partial charge < -0.3 is 31.0 Å². The minimum atomic E-state index is -1.39. The lowest BCUT2D eigenvalue weighted by atomic mass is 10.0. The molecule has 214 valence electrons. The lowest BCUT2D eigenvalue weighted by Crippen LogP contribution is -2.36. The first kappa shape index (κ1) is 28.5. The van der Waals surface area contributed by atoms with Crippen LogP contribution >= 0.6 is 11.6 Å². The number of hydrogen-bond donors (Lipinski definition) is 5. The molecule has 3 aromatic carbocycles. The molecule has 0 aliphatic carbocycles. The Morgan fingerprint density at radius 1 is 1.02 bits per heavy atom. The summed E-state index contributed by atoms with van der Waals surface area (Å²) >= 11 is 6.06. The van der Waals surface area contributed by atoms with E-state index < -0.39 is 35.2 Å². The number of aromatic nitrogens is 3. The molecule has 0 unspecified atom stereocenters. The van der Waals surface area contributed by atoms with Gasteiger partial charge in [0.15, 0.2) is 0 Å². The minimum absolute atomic E-state index is 0.0855. The van der Waals surface area contributed by atoms with Crippen LogP contribution in [0.2, 0.25) is 5.02 Å². The largest absolute Gasteiger partial charge is 0.490 e. The van der Waals surface area contributed by atoms with Gasteiger partial charge in [0, 0.05) is 22.2 Å². The monoisotopic (exact) mass is 593 g/mol. The zero-order valence-corrected chi connectivity index (χ0v) is 22.3. The highest BCUT2D eigenvalue weighted by Crippen LogP contribution is 2.34. The standard InChI is InChI=1S/C29H22ClF2N5O5/c30-20-9-15(1-4-22(20)32)27-26(36-25(37-27)12-34-17-3-5-21(31)19(10-17)28(38)39)14-2-6-24-16(7-14)8-18(11-35-24)42-13-23(33)29(40)41/h1-11,23,34H,12-13,33H2,(H,36,37)(H,38,39)(H,40,41)/t23-/m0/s1. The van der Waals surface area contributed by atoms with E-state index in [-0.39, 0.29) is 18.2 Å². The molecule has 0 saturated heterocycles. The molecule has 0 spiro atoms. The molecular weight excluding hydrogens is 572 g/mol. The number of aromatic carboxylic acids is 1. The second-order valence-electron chi connectivity index (χ2n) is 9.22. The van der Waals surface area contributed by atoms with Gasteiger partial charge in [-0.2, -0.15) is 0 Å². The minimum Gasteiger partial charge on any atom is -0.490 e.